The van der Waals surface area contributed by atoms with Gasteiger partial charge < -0.3 is 5.11 Å². The minimum atomic E-state index is -3.64. The summed E-state index contributed by atoms with van der Waals surface area (Å²) in [6, 6.07) is 4.63. The van der Waals surface area contributed by atoms with E-state index in [1.165, 1.54) is 16.4 Å². The van der Waals surface area contributed by atoms with Crippen LogP contribution in [-0.2, 0) is 16.6 Å². The lowest BCUT2D eigenvalue weighted by Crippen LogP contribution is -2.39. The van der Waals surface area contributed by atoms with E-state index in [4.69, 9.17) is 11.6 Å². The van der Waals surface area contributed by atoms with Crippen molar-refractivity contribution in [1.29, 1.82) is 0 Å². The summed E-state index contributed by atoms with van der Waals surface area (Å²) in [5.41, 5.74) is 0.545. The van der Waals surface area contributed by atoms with E-state index in [1.54, 1.807) is 13.1 Å². The van der Waals surface area contributed by atoms with Crippen LogP contribution >= 0.6 is 11.6 Å². The van der Waals surface area contributed by atoms with Crippen LogP contribution in [0.5, 0.6) is 0 Å². The number of hydrogen-bond donors (Lipinski definition) is 1. The molecule has 0 aliphatic heterocycles. The summed E-state index contributed by atoms with van der Waals surface area (Å²) in [7, 11) is -2.01. The predicted octanol–water partition coefficient (Wildman–Crippen LogP) is 3.03. The van der Waals surface area contributed by atoms with E-state index < -0.39 is 10.0 Å². The lowest BCUT2D eigenvalue weighted by Gasteiger charge is -2.33. The molecule has 0 saturated heterocycles. The Kier molecular flexibility index (Phi) is 5.30. The Morgan fingerprint density at radius 3 is 2.71 bits per heavy atom. The number of aliphatic hydroxyl groups is 1. The molecular weight excluding hydrogens is 310 g/mol. The maximum absolute atomic E-state index is 12.8. The monoisotopic (exact) mass is 331 g/mol. The van der Waals surface area contributed by atoms with Crippen molar-refractivity contribution in [1.82, 2.24) is 4.31 Å². The third-order valence-electron chi connectivity index (χ3n) is 4.26. The van der Waals surface area contributed by atoms with Gasteiger partial charge in [0.05, 0.1) is 11.6 Å². The van der Waals surface area contributed by atoms with Gasteiger partial charge in [-0.05, 0) is 36.5 Å². The minimum absolute atomic E-state index is 0.0209. The Morgan fingerprint density at radius 2 is 2.10 bits per heavy atom. The van der Waals surface area contributed by atoms with Crippen LogP contribution in [0.2, 0.25) is 5.02 Å². The Morgan fingerprint density at radius 1 is 1.38 bits per heavy atom. The van der Waals surface area contributed by atoms with E-state index >= 15 is 0 Å². The molecule has 0 amide bonds. The SMILES string of the molecule is CC1CCCC(N(C)S(=O)(=O)c2cc(CO)ccc2Cl)C1. The number of rotatable bonds is 4. The Bertz CT molecular complexity index is 603. The summed E-state index contributed by atoms with van der Waals surface area (Å²) in [6.07, 6.45) is 3.98. The lowest BCUT2D eigenvalue weighted by atomic mass is 9.87. The molecule has 1 aliphatic rings. The Labute approximate surface area is 131 Å². The van der Waals surface area contributed by atoms with Crippen LogP contribution in [0, 0.1) is 5.92 Å². The van der Waals surface area contributed by atoms with Crippen molar-refractivity contribution in [3.8, 4) is 0 Å². The number of sulfonamides is 1. The average Bonchev–Trinajstić information content (AvgIpc) is 2.46. The number of hydrogen-bond acceptors (Lipinski definition) is 3. The van der Waals surface area contributed by atoms with Crippen molar-refractivity contribution in [2.75, 3.05) is 7.05 Å². The first-order valence-electron chi connectivity index (χ1n) is 7.23. The lowest BCUT2D eigenvalue weighted by molar-refractivity contribution is 0.239. The van der Waals surface area contributed by atoms with Gasteiger partial charge in [0.25, 0.3) is 0 Å². The van der Waals surface area contributed by atoms with Gasteiger partial charge in [-0.2, -0.15) is 4.31 Å². The molecule has 2 rings (SSSR count). The Hall–Kier alpha value is -0.620. The number of aliphatic hydroxyl groups excluding tert-OH is 1. The summed E-state index contributed by atoms with van der Waals surface area (Å²) in [4.78, 5) is 0.0800. The average molecular weight is 332 g/mol. The summed E-state index contributed by atoms with van der Waals surface area (Å²) in [5, 5.41) is 9.39. The van der Waals surface area contributed by atoms with Gasteiger partial charge in [0.15, 0.2) is 0 Å². The van der Waals surface area contributed by atoms with Crippen molar-refractivity contribution < 1.29 is 13.5 Å². The third-order valence-corrected chi connectivity index (χ3v) is 6.65. The molecule has 21 heavy (non-hydrogen) atoms. The second kappa shape index (κ2) is 6.65. The second-order valence-electron chi connectivity index (χ2n) is 5.87. The quantitative estimate of drug-likeness (QED) is 0.922. The fourth-order valence-corrected chi connectivity index (χ4v) is 4.85. The van der Waals surface area contributed by atoms with Crippen LogP contribution in [0.4, 0.5) is 0 Å². The number of halogens is 1. The molecule has 1 fully saturated rings. The molecule has 118 valence electrons. The molecule has 2 unspecified atom stereocenters. The molecular formula is C15H22ClNO3S. The van der Waals surface area contributed by atoms with Gasteiger partial charge >= 0.3 is 0 Å². The van der Waals surface area contributed by atoms with Crippen LogP contribution in [0.15, 0.2) is 23.1 Å². The van der Waals surface area contributed by atoms with Gasteiger partial charge in [0.2, 0.25) is 10.0 Å². The van der Waals surface area contributed by atoms with Gasteiger partial charge in [0.1, 0.15) is 4.90 Å². The fourth-order valence-electron chi connectivity index (χ4n) is 2.93. The molecule has 1 aromatic rings. The summed E-state index contributed by atoms with van der Waals surface area (Å²) in [5.74, 6) is 0.542. The highest BCUT2D eigenvalue weighted by molar-refractivity contribution is 7.89. The van der Waals surface area contributed by atoms with Crippen molar-refractivity contribution in [2.24, 2.45) is 5.92 Å². The van der Waals surface area contributed by atoms with Crippen LogP contribution < -0.4 is 0 Å². The number of benzene rings is 1. The van der Waals surface area contributed by atoms with E-state index in [0.717, 1.165) is 25.7 Å². The largest absolute Gasteiger partial charge is 0.392 e. The van der Waals surface area contributed by atoms with Crippen molar-refractivity contribution in [2.45, 2.75) is 50.2 Å². The summed E-state index contributed by atoms with van der Waals surface area (Å²) >= 11 is 6.06. The Balaban J connectivity index is 2.32. The second-order valence-corrected chi connectivity index (χ2v) is 8.24. The van der Waals surface area contributed by atoms with Gasteiger partial charge in [-0.15, -0.1) is 0 Å². The first-order valence-corrected chi connectivity index (χ1v) is 9.05. The van der Waals surface area contributed by atoms with Gasteiger partial charge in [-0.3, -0.25) is 0 Å². The zero-order chi connectivity index (χ0) is 15.6. The predicted molar refractivity (Wildman–Crippen MR) is 83.7 cm³/mol. The first kappa shape index (κ1) is 16.7. The van der Waals surface area contributed by atoms with E-state index in [1.807, 2.05) is 0 Å². The van der Waals surface area contributed by atoms with E-state index in [-0.39, 0.29) is 22.6 Å². The number of nitrogens with zero attached hydrogens (tertiary/aromatic N) is 1. The van der Waals surface area contributed by atoms with Crippen molar-refractivity contribution in [3.63, 3.8) is 0 Å². The maximum Gasteiger partial charge on any atom is 0.244 e. The molecule has 1 N–H and O–H groups in total. The summed E-state index contributed by atoms with van der Waals surface area (Å²) in [6.45, 7) is 1.95. The highest BCUT2D eigenvalue weighted by atomic mass is 35.5. The molecule has 1 aliphatic carbocycles. The van der Waals surface area contributed by atoms with Gasteiger partial charge in [-0.25, -0.2) is 8.42 Å². The van der Waals surface area contributed by atoms with E-state index in [2.05, 4.69) is 6.92 Å². The van der Waals surface area contributed by atoms with Crippen molar-refractivity contribution in [3.05, 3.63) is 28.8 Å². The molecule has 6 heteroatoms. The van der Waals surface area contributed by atoms with Crippen LogP contribution in [0.1, 0.15) is 38.2 Å². The van der Waals surface area contributed by atoms with Gasteiger partial charge in [0, 0.05) is 13.1 Å². The van der Waals surface area contributed by atoms with Crippen molar-refractivity contribution >= 4 is 21.6 Å². The molecule has 2 atom stereocenters. The molecule has 0 radical (unpaired) electrons. The molecule has 0 bridgehead atoms. The maximum atomic E-state index is 12.8. The van der Waals surface area contributed by atoms with Gasteiger partial charge in [-0.1, -0.05) is 37.4 Å². The van der Waals surface area contributed by atoms with E-state index in [9.17, 15) is 13.5 Å². The van der Waals surface area contributed by atoms with Crippen LogP contribution in [0.3, 0.4) is 0 Å². The first-order chi connectivity index (χ1) is 9.86. The highest BCUT2D eigenvalue weighted by Gasteiger charge is 2.32. The third kappa shape index (κ3) is 3.59. The van der Waals surface area contributed by atoms with E-state index in [0.29, 0.717) is 11.5 Å². The highest BCUT2D eigenvalue weighted by Crippen LogP contribution is 2.32. The zero-order valence-electron chi connectivity index (χ0n) is 12.4. The van der Waals surface area contributed by atoms with Crippen LogP contribution in [-0.4, -0.2) is 30.9 Å². The molecule has 4 nitrogen and oxygen atoms in total. The molecule has 1 aromatic carbocycles. The minimum Gasteiger partial charge on any atom is -0.392 e. The normalized spacial score (nSPS) is 23.5. The molecule has 0 spiro atoms. The molecule has 0 aromatic heterocycles. The molecule has 0 heterocycles. The van der Waals surface area contributed by atoms with Crippen LogP contribution in [0.25, 0.3) is 0 Å². The zero-order valence-corrected chi connectivity index (χ0v) is 14.0. The summed E-state index contributed by atoms with van der Waals surface area (Å²) < 4.78 is 27.0. The molecule has 1 saturated carbocycles. The fraction of sp³-hybridized carbons (Fsp3) is 0.600. The standard InChI is InChI=1S/C15H22ClNO3S/c1-11-4-3-5-13(8-11)17(2)21(19,20)15-9-12(10-18)6-7-14(15)16/h6-7,9,11,13,18H,3-5,8,10H2,1-2H3. The smallest absolute Gasteiger partial charge is 0.244 e. The topological polar surface area (TPSA) is 57.6 Å².